The fourth-order valence-corrected chi connectivity index (χ4v) is 2.95. The third-order valence-corrected chi connectivity index (χ3v) is 3.75. The van der Waals surface area contributed by atoms with E-state index in [1.807, 2.05) is 0 Å². The van der Waals surface area contributed by atoms with E-state index < -0.39 is 0 Å². The number of nitrogens with one attached hydrogen (secondary N) is 1. The first-order valence-corrected chi connectivity index (χ1v) is 6.57. The summed E-state index contributed by atoms with van der Waals surface area (Å²) in [4.78, 5) is 2.64. The molecule has 0 spiro atoms. The lowest BCUT2D eigenvalue weighted by Gasteiger charge is -2.23. The number of rotatable bonds is 7. The van der Waals surface area contributed by atoms with E-state index in [1.165, 1.54) is 32.2 Å². The minimum Gasteiger partial charge on any atom is -0.395 e. The molecule has 0 amide bonds. The molecule has 2 saturated heterocycles. The smallest absolute Gasteiger partial charge is 0.0622 e. The average molecular weight is 228 g/mol. The predicted octanol–water partition coefficient (Wildman–Crippen LogP) is 0.212. The molecule has 0 bridgehead atoms. The Hall–Kier alpha value is -0.160. The van der Waals surface area contributed by atoms with Crippen LogP contribution in [0.5, 0.6) is 0 Å². The molecule has 4 nitrogen and oxygen atoms in total. The zero-order valence-electron chi connectivity index (χ0n) is 10.0. The van der Waals surface area contributed by atoms with Crippen LogP contribution in [0.4, 0.5) is 0 Å². The summed E-state index contributed by atoms with van der Waals surface area (Å²) in [6.07, 6.45) is 5.46. The Balaban J connectivity index is 1.53. The third-order valence-electron chi connectivity index (χ3n) is 3.75. The lowest BCUT2D eigenvalue weighted by Crippen LogP contribution is -2.35. The van der Waals surface area contributed by atoms with Crippen molar-refractivity contribution in [1.82, 2.24) is 10.2 Å². The minimum atomic E-state index is 0.206. The molecule has 2 N–H and O–H groups in total. The van der Waals surface area contributed by atoms with Gasteiger partial charge in [0.05, 0.1) is 19.8 Å². The second kappa shape index (κ2) is 6.55. The summed E-state index contributed by atoms with van der Waals surface area (Å²) in [5, 5.41) is 11.7. The number of fused-ring (bicyclic) bond motifs is 1. The number of hydrogen-bond donors (Lipinski definition) is 2. The molecule has 2 aliphatic rings. The first-order chi connectivity index (χ1) is 7.92. The lowest BCUT2D eigenvalue weighted by atomic mass is 10.1. The van der Waals surface area contributed by atoms with E-state index in [4.69, 9.17) is 9.84 Å². The van der Waals surface area contributed by atoms with Gasteiger partial charge in [-0.25, -0.2) is 0 Å². The van der Waals surface area contributed by atoms with Crippen LogP contribution in [0.3, 0.4) is 0 Å². The first kappa shape index (κ1) is 12.3. The zero-order chi connectivity index (χ0) is 11.2. The van der Waals surface area contributed by atoms with Crippen LogP contribution in [0.15, 0.2) is 0 Å². The first-order valence-electron chi connectivity index (χ1n) is 6.57. The van der Waals surface area contributed by atoms with Crippen LogP contribution >= 0.6 is 0 Å². The molecular formula is C12H24N2O2. The molecule has 2 unspecified atom stereocenters. The van der Waals surface area contributed by atoms with Crippen molar-refractivity contribution in [1.29, 1.82) is 0 Å². The van der Waals surface area contributed by atoms with Gasteiger partial charge >= 0.3 is 0 Å². The number of aliphatic hydroxyl groups excluding tert-OH is 1. The highest BCUT2D eigenvalue weighted by Gasteiger charge is 2.36. The number of ether oxygens (including phenoxy) is 1. The number of hydrogen-bond acceptors (Lipinski definition) is 4. The molecule has 2 rings (SSSR count). The maximum absolute atomic E-state index is 8.59. The fraction of sp³-hybridized carbons (Fsp3) is 1.00. The molecule has 4 heteroatoms. The topological polar surface area (TPSA) is 44.7 Å². The minimum absolute atomic E-state index is 0.206. The summed E-state index contributed by atoms with van der Waals surface area (Å²) in [6.45, 7) is 4.64. The summed E-state index contributed by atoms with van der Waals surface area (Å²) in [6, 6.07) is 1.53. The van der Waals surface area contributed by atoms with Gasteiger partial charge in [-0.3, -0.25) is 4.90 Å². The predicted molar refractivity (Wildman–Crippen MR) is 63.5 cm³/mol. The van der Waals surface area contributed by atoms with Gasteiger partial charge in [-0.2, -0.15) is 0 Å². The van der Waals surface area contributed by atoms with Crippen LogP contribution < -0.4 is 5.32 Å². The van der Waals surface area contributed by atoms with E-state index in [2.05, 4.69) is 10.2 Å². The van der Waals surface area contributed by atoms with Crippen molar-refractivity contribution >= 4 is 0 Å². The highest BCUT2D eigenvalue weighted by molar-refractivity contribution is 4.91. The van der Waals surface area contributed by atoms with Crippen LogP contribution in [0.2, 0.25) is 0 Å². The van der Waals surface area contributed by atoms with E-state index in [0.717, 1.165) is 25.8 Å². The Labute approximate surface area is 98.0 Å². The molecular weight excluding hydrogens is 204 g/mol. The van der Waals surface area contributed by atoms with Gasteiger partial charge < -0.3 is 15.2 Å². The van der Waals surface area contributed by atoms with Gasteiger partial charge in [0.1, 0.15) is 0 Å². The summed E-state index contributed by atoms with van der Waals surface area (Å²) < 4.78 is 5.69. The van der Waals surface area contributed by atoms with E-state index in [1.54, 1.807) is 0 Å². The van der Waals surface area contributed by atoms with Gasteiger partial charge in [-0.05, 0) is 32.2 Å². The monoisotopic (exact) mass is 228 g/mol. The fourth-order valence-electron chi connectivity index (χ4n) is 2.95. The summed E-state index contributed by atoms with van der Waals surface area (Å²) >= 11 is 0. The summed E-state index contributed by atoms with van der Waals surface area (Å²) in [5.41, 5.74) is 0. The Morgan fingerprint density at radius 2 is 2.19 bits per heavy atom. The van der Waals surface area contributed by atoms with E-state index >= 15 is 0 Å². The highest BCUT2D eigenvalue weighted by Crippen LogP contribution is 2.32. The molecule has 94 valence electrons. The van der Waals surface area contributed by atoms with Gasteiger partial charge in [0, 0.05) is 25.2 Å². The Bertz CT molecular complexity index is 201. The molecule has 2 aliphatic heterocycles. The summed E-state index contributed by atoms with van der Waals surface area (Å²) in [5.74, 6) is 0. The maximum Gasteiger partial charge on any atom is 0.0622 e. The number of aliphatic hydroxyl groups is 1. The second-order valence-electron chi connectivity index (χ2n) is 4.81. The van der Waals surface area contributed by atoms with E-state index in [9.17, 15) is 0 Å². The SMILES string of the molecule is OCCNCCOCC1CCC2CCCN21. The van der Waals surface area contributed by atoms with Crippen molar-refractivity contribution < 1.29 is 9.84 Å². The van der Waals surface area contributed by atoms with E-state index in [-0.39, 0.29) is 6.61 Å². The maximum atomic E-state index is 8.59. The molecule has 0 aromatic carbocycles. The number of nitrogens with zero attached hydrogens (tertiary/aromatic N) is 1. The van der Waals surface area contributed by atoms with Gasteiger partial charge in [-0.1, -0.05) is 0 Å². The van der Waals surface area contributed by atoms with Crippen molar-refractivity contribution in [2.75, 3.05) is 39.5 Å². The Morgan fingerprint density at radius 1 is 1.25 bits per heavy atom. The van der Waals surface area contributed by atoms with Crippen molar-refractivity contribution in [2.24, 2.45) is 0 Å². The Morgan fingerprint density at radius 3 is 3.06 bits per heavy atom. The highest BCUT2D eigenvalue weighted by atomic mass is 16.5. The molecule has 2 fully saturated rings. The van der Waals surface area contributed by atoms with Crippen LogP contribution in [0.1, 0.15) is 25.7 Å². The van der Waals surface area contributed by atoms with Crippen LogP contribution in [0.25, 0.3) is 0 Å². The van der Waals surface area contributed by atoms with Crippen LogP contribution in [0, 0.1) is 0 Å². The molecule has 2 atom stereocenters. The van der Waals surface area contributed by atoms with Crippen LogP contribution in [-0.2, 0) is 4.74 Å². The van der Waals surface area contributed by atoms with Crippen molar-refractivity contribution in [3.8, 4) is 0 Å². The van der Waals surface area contributed by atoms with Gasteiger partial charge in [0.25, 0.3) is 0 Å². The van der Waals surface area contributed by atoms with Crippen molar-refractivity contribution in [3.05, 3.63) is 0 Å². The normalized spacial score (nSPS) is 29.8. The van der Waals surface area contributed by atoms with Gasteiger partial charge in [0.2, 0.25) is 0 Å². The van der Waals surface area contributed by atoms with E-state index in [0.29, 0.717) is 12.6 Å². The quantitative estimate of drug-likeness (QED) is 0.612. The standard InChI is InChI=1S/C12H24N2O2/c15-8-5-13-6-9-16-10-12-4-3-11-2-1-7-14(11)12/h11-13,15H,1-10H2. The van der Waals surface area contributed by atoms with Crippen LogP contribution in [-0.4, -0.2) is 61.5 Å². The molecule has 2 heterocycles. The lowest BCUT2D eigenvalue weighted by molar-refractivity contribution is 0.0767. The largest absolute Gasteiger partial charge is 0.395 e. The Kier molecular flexibility index (Phi) is 5.03. The van der Waals surface area contributed by atoms with Crippen molar-refractivity contribution in [3.63, 3.8) is 0 Å². The average Bonchev–Trinajstić information content (AvgIpc) is 2.87. The van der Waals surface area contributed by atoms with Crippen molar-refractivity contribution in [2.45, 2.75) is 37.8 Å². The molecule has 0 saturated carbocycles. The molecule has 0 aromatic heterocycles. The van der Waals surface area contributed by atoms with Gasteiger partial charge in [0.15, 0.2) is 0 Å². The third kappa shape index (κ3) is 3.17. The molecule has 0 aliphatic carbocycles. The molecule has 0 radical (unpaired) electrons. The molecule has 0 aromatic rings. The second-order valence-corrected chi connectivity index (χ2v) is 4.81. The zero-order valence-corrected chi connectivity index (χ0v) is 10.0. The molecule has 16 heavy (non-hydrogen) atoms. The summed E-state index contributed by atoms with van der Waals surface area (Å²) in [7, 11) is 0. The van der Waals surface area contributed by atoms with Gasteiger partial charge in [-0.15, -0.1) is 0 Å².